The molecule has 13 heavy (non-hydrogen) atoms. The molecule has 6 nitrogen and oxygen atoms in total. The van der Waals surface area contributed by atoms with Crippen molar-refractivity contribution >= 4 is 17.6 Å². The maximum Gasteiger partial charge on any atom is 0.340 e. The van der Waals surface area contributed by atoms with E-state index in [1.165, 1.54) is 16.8 Å². The van der Waals surface area contributed by atoms with Crippen LogP contribution >= 0.6 is 0 Å². The van der Waals surface area contributed by atoms with Crippen LogP contribution in [0.1, 0.15) is 10.4 Å². The van der Waals surface area contributed by atoms with Gasteiger partial charge in [-0.1, -0.05) is 0 Å². The number of nitrogens with zero attached hydrogens (tertiary/aromatic N) is 3. The molecule has 0 atom stereocenters. The van der Waals surface area contributed by atoms with E-state index >= 15 is 0 Å². The fourth-order valence-corrected chi connectivity index (χ4v) is 1.06. The van der Waals surface area contributed by atoms with Crippen LogP contribution in [0.25, 0.3) is 5.78 Å². The lowest BCUT2D eigenvalue weighted by Gasteiger charge is -2.01. The van der Waals surface area contributed by atoms with Crippen molar-refractivity contribution in [3.05, 3.63) is 24.2 Å². The molecule has 0 bridgehead atoms. The Labute approximate surface area is 72.6 Å². The molecule has 0 unspecified atom stereocenters. The van der Waals surface area contributed by atoms with Crippen molar-refractivity contribution in [2.24, 2.45) is 0 Å². The molecule has 0 aliphatic heterocycles. The average molecular weight is 178 g/mol. The van der Waals surface area contributed by atoms with Gasteiger partial charge in [0.2, 0.25) is 5.78 Å². The van der Waals surface area contributed by atoms with Crippen molar-refractivity contribution in [3.8, 4) is 0 Å². The molecule has 0 aromatic carbocycles. The number of imidazole rings is 1. The fraction of sp³-hybridized carbons (Fsp3) is 0. The van der Waals surface area contributed by atoms with E-state index in [0.717, 1.165) is 0 Å². The third kappa shape index (κ3) is 0.994. The number of anilines is 1. The SMILES string of the molecule is Nc1c(C(=O)O)cnc2nccn12. The average Bonchev–Trinajstić information content (AvgIpc) is 2.52. The van der Waals surface area contributed by atoms with Crippen LogP contribution in [-0.2, 0) is 0 Å². The minimum atomic E-state index is -1.10. The number of hydrogen-bond donors (Lipinski definition) is 2. The molecule has 66 valence electrons. The molecule has 0 saturated heterocycles. The number of aromatic carboxylic acids is 1. The Morgan fingerprint density at radius 1 is 1.54 bits per heavy atom. The van der Waals surface area contributed by atoms with Crippen molar-refractivity contribution in [1.29, 1.82) is 0 Å². The minimum Gasteiger partial charge on any atom is -0.478 e. The normalized spacial score (nSPS) is 10.5. The van der Waals surface area contributed by atoms with Crippen LogP contribution in [-0.4, -0.2) is 25.4 Å². The maximum atomic E-state index is 10.6. The van der Waals surface area contributed by atoms with Gasteiger partial charge in [-0.2, -0.15) is 0 Å². The Kier molecular flexibility index (Phi) is 1.42. The predicted octanol–water partition coefficient (Wildman–Crippen LogP) is 0.00970. The molecule has 6 heteroatoms. The smallest absolute Gasteiger partial charge is 0.340 e. The lowest BCUT2D eigenvalue weighted by molar-refractivity contribution is 0.0697. The van der Waals surface area contributed by atoms with E-state index in [9.17, 15) is 4.79 Å². The number of aromatic nitrogens is 3. The van der Waals surface area contributed by atoms with E-state index in [1.807, 2.05) is 0 Å². The number of nitrogens with two attached hydrogens (primary N) is 1. The van der Waals surface area contributed by atoms with Crippen molar-refractivity contribution in [2.45, 2.75) is 0 Å². The molecule has 0 spiro atoms. The molecule has 0 amide bonds. The first-order valence-electron chi connectivity index (χ1n) is 3.51. The van der Waals surface area contributed by atoms with Gasteiger partial charge in [0.05, 0.1) is 0 Å². The molecule has 2 heterocycles. The standard InChI is InChI=1S/C7H6N4O2/c8-5-4(6(12)13)3-10-7-9-1-2-11(5)7/h1-3H,8H2,(H,12,13). The summed E-state index contributed by atoms with van der Waals surface area (Å²) in [5, 5.41) is 8.71. The van der Waals surface area contributed by atoms with Crippen LogP contribution in [0.15, 0.2) is 18.6 Å². The first-order valence-corrected chi connectivity index (χ1v) is 3.51. The van der Waals surface area contributed by atoms with Gasteiger partial charge in [0, 0.05) is 18.6 Å². The molecule has 0 saturated carbocycles. The van der Waals surface area contributed by atoms with Crippen LogP contribution in [0.3, 0.4) is 0 Å². The molecular formula is C7H6N4O2. The van der Waals surface area contributed by atoms with E-state index in [0.29, 0.717) is 5.78 Å². The van der Waals surface area contributed by atoms with Crippen LogP contribution < -0.4 is 5.73 Å². The summed E-state index contributed by atoms with van der Waals surface area (Å²) in [5.41, 5.74) is 5.54. The lowest BCUT2D eigenvalue weighted by Crippen LogP contribution is -2.08. The molecule has 2 aromatic heterocycles. The predicted molar refractivity (Wildman–Crippen MR) is 44.4 cm³/mol. The molecule has 2 rings (SSSR count). The minimum absolute atomic E-state index is 0.0227. The first-order chi connectivity index (χ1) is 6.20. The van der Waals surface area contributed by atoms with Crippen LogP contribution in [0.4, 0.5) is 5.82 Å². The maximum absolute atomic E-state index is 10.6. The van der Waals surface area contributed by atoms with Gasteiger partial charge >= 0.3 is 5.97 Å². The van der Waals surface area contributed by atoms with Crippen LogP contribution in [0.2, 0.25) is 0 Å². The third-order valence-corrected chi connectivity index (χ3v) is 1.70. The van der Waals surface area contributed by atoms with Gasteiger partial charge in [0.25, 0.3) is 0 Å². The van der Waals surface area contributed by atoms with Crippen LogP contribution in [0, 0.1) is 0 Å². The Morgan fingerprint density at radius 3 is 3.00 bits per heavy atom. The molecule has 0 aliphatic rings. The summed E-state index contributed by atoms with van der Waals surface area (Å²) >= 11 is 0. The van der Waals surface area contributed by atoms with E-state index in [2.05, 4.69) is 9.97 Å². The molecular weight excluding hydrogens is 172 g/mol. The Bertz CT molecular complexity index is 476. The highest BCUT2D eigenvalue weighted by molar-refractivity contribution is 5.92. The third-order valence-electron chi connectivity index (χ3n) is 1.70. The second-order valence-corrected chi connectivity index (χ2v) is 2.46. The number of fused-ring (bicyclic) bond motifs is 1. The summed E-state index contributed by atoms with van der Waals surface area (Å²) in [4.78, 5) is 18.3. The Hall–Kier alpha value is -2.11. The molecule has 0 fully saturated rings. The largest absolute Gasteiger partial charge is 0.478 e. The topological polar surface area (TPSA) is 93.5 Å². The fourth-order valence-electron chi connectivity index (χ4n) is 1.06. The van der Waals surface area contributed by atoms with Crippen LogP contribution in [0.5, 0.6) is 0 Å². The molecule has 0 aliphatic carbocycles. The van der Waals surface area contributed by atoms with Crippen molar-refractivity contribution in [1.82, 2.24) is 14.4 Å². The summed E-state index contributed by atoms with van der Waals surface area (Å²) in [7, 11) is 0. The molecule has 2 aromatic rings. The van der Waals surface area contributed by atoms with Gasteiger partial charge in [-0.05, 0) is 0 Å². The number of nitrogen functional groups attached to an aromatic ring is 1. The van der Waals surface area contributed by atoms with E-state index in [4.69, 9.17) is 10.8 Å². The van der Waals surface area contributed by atoms with E-state index in [-0.39, 0.29) is 11.4 Å². The quantitative estimate of drug-likeness (QED) is 0.641. The summed E-state index contributed by atoms with van der Waals surface area (Å²) in [6.07, 6.45) is 4.26. The lowest BCUT2D eigenvalue weighted by atomic mass is 10.3. The van der Waals surface area contributed by atoms with E-state index < -0.39 is 5.97 Å². The van der Waals surface area contributed by atoms with Gasteiger partial charge in [0.15, 0.2) is 0 Å². The molecule has 0 radical (unpaired) electrons. The zero-order valence-corrected chi connectivity index (χ0v) is 6.51. The summed E-state index contributed by atoms with van der Waals surface area (Å²) in [6, 6.07) is 0. The highest BCUT2D eigenvalue weighted by atomic mass is 16.4. The van der Waals surface area contributed by atoms with Crippen molar-refractivity contribution < 1.29 is 9.90 Å². The first kappa shape index (κ1) is 7.53. The second kappa shape index (κ2) is 2.44. The number of carboxylic acids is 1. The highest BCUT2D eigenvalue weighted by Crippen LogP contribution is 2.11. The highest BCUT2D eigenvalue weighted by Gasteiger charge is 2.11. The number of carbonyl (C=O) groups is 1. The summed E-state index contributed by atoms with van der Waals surface area (Å²) < 4.78 is 1.42. The Balaban J connectivity index is 2.80. The Morgan fingerprint density at radius 2 is 2.31 bits per heavy atom. The van der Waals surface area contributed by atoms with Gasteiger partial charge in [-0.3, -0.25) is 4.40 Å². The van der Waals surface area contributed by atoms with E-state index in [1.54, 1.807) is 6.20 Å². The monoisotopic (exact) mass is 178 g/mol. The zero-order valence-electron chi connectivity index (χ0n) is 6.51. The summed E-state index contributed by atoms with van der Waals surface area (Å²) in [5.74, 6) is -0.571. The van der Waals surface area contributed by atoms with Gasteiger partial charge < -0.3 is 10.8 Å². The number of rotatable bonds is 1. The van der Waals surface area contributed by atoms with Crippen molar-refractivity contribution in [3.63, 3.8) is 0 Å². The van der Waals surface area contributed by atoms with Crippen molar-refractivity contribution in [2.75, 3.05) is 5.73 Å². The molecule has 3 N–H and O–H groups in total. The van der Waals surface area contributed by atoms with Gasteiger partial charge in [0.1, 0.15) is 11.4 Å². The van der Waals surface area contributed by atoms with Gasteiger partial charge in [-0.25, -0.2) is 14.8 Å². The number of hydrogen-bond acceptors (Lipinski definition) is 4. The van der Waals surface area contributed by atoms with Gasteiger partial charge in [-0.15, -0.1) is 0 Å². The second-order valence-electron chi connectivity index (χ2n) is 2.46. The summed E-state index contributed by atoms with van der Waals surface area (Å²) in [6.45, 7) is 0. The number of carboxylic acid groups (broad SMARTS) is 1. The zero-order chi connectivity index (χ0) is 9.42.